The van der Waals surface area contributed by atoms with Crippen LogP contribution in [0.5, 0.6) is 0 Å². The monoisotopic (exact) mass is 210 g/mol. The summed E-state index contributed by atoms with van der Waals surface area (Å²) in [6.07, 6.45) is 2.22. The summed E-state index contributed by atoms with van der Waals surface area (Å²) in [5.74, 6) is 1.01. The third-order valence-corrected chi connectivity index (χ3v) is 3.26. The van der Waals surface area contributed by atoms with Crippen molar-refractivity contribution >= 4 is 28.2 Å². The van der Waals surface area contributed by atoms with Crippen LogP contribution in [-0.2, 0) is 5.75 Å². The second kappa shape index (κ2) is 6.17. The molecule has 0 amide bonds. The maximum Gasteiger partial charge on any atom is 0.0481 e. The first kappa shape index (κ1) is 10.7. The summed E-state index contributed by atoms with van der Waals surface area (Å²) in [5, 5.41) is 0. The fourth-order valence-corrected chi connectivity index (χ4v) is 2.26. The van der Waals surface area contributed by atoms with Gasteiger partial charge in [-0.2, -0.15) is 0 Å². The van der Waals surface area contributed by atoms with Gasteiger partial charge in [-0.25, -0.2) is 0 Å². The molecular weight excluding hydrogens is 196 g/mol. The average molecular weight is 210 g/mol. The Kier molecular flexibility index (Phi) is 5.09. The van der Waals surface area contributed by atoms with Crippen LogP contribution in [0.2, 0.25) is 0 Å². The predicted molar refractivity (Wildman–Crippen MR) is 65.2 cm³/mol. The molecule has 70 valence electrons. The summed E-state index contributed by atoms with van der Waals surface area (Å²) in [6.45, 7) is 2.16. The molecule has 0 atom stereocenters. The van der Waals surface area contributed by atoms with E-state index in [2.05, 4.69) is 31.2 Å². The van der Waals surface area contributed by atoms with Crippen LogP contribution in [0.15, 0.2) is 30.3 Å². The van der Waals surface area contributed by atoms with E-state index in [1.165, 1.54) is 5.56 Å². The van der Waals surface area contributed by atoms with Crippen molar-refractivity contribution in [2.75, 3.05) is 0 Å². The van der Waals surface area contributed by atoms with E-state index >= 15 is 0 Å². The van der Waals surface area contributed by atoms with E-state index in [4.69, 9.17) is 12.2 Å². The highest BCUT2D eigenvalue weighted by Gasteiger charge is 1.96. The highest BCUT2D eigenvalue weighted by molar-refractivity contribution is 8.22. The highest BCUT2D eigenvalue weighted by Crippen LogP contribution is 2.16. The van der Waals surface area contributed by atoms with Crippen LogP contribution in [0.25, 0.3) is 0 Å². The zero-order chi connectivity index (χ0) is 9.52. The Morgan fingerprint density at radius 3 is 2.62 bits per heavy atom. The Morgan fingerprint density at radius 1 is 1.31 bits per heavy atom. The summed E-state index contributed by atoms with van der Waals surface area (Å²) in [5.41, 5.74) is 1.35. The van der Waals surface area contributed by atoms with Crippen LogP contribution in [0.1, 0.15) is 25.3 Å². The van der Waals surface area contributed by atoms with Crippen molar-refractivity contribution in [1.82, 2.24) is 0 Å². The standard InChI is InChI=1S/C11H14S2/c1-2-6-11(12)13-9-10-7-4-3-5-8-10/h3-5,7-8H,2,6,9H2,1H3. The van der Waals surface area contributed by atoms with Crippen molar-refractivity contribution in [2.45, 2.75) is 25.5 Å². The fraction of sp³-hybridized carbons (Fsp3) is 0.364. The van der Waals surface area contributed by atoms with E-state index in [1.54, 1.807) is 11.8 Å². The lowest BCUT2D eigenvalue weighted by Gasteiger charge is -2.01. The first-order valence-electron chi connectivity index (χ1n) is 4.52. The van der Waals surface area contributed by atoms with Crippen molar-refractivity contribution in [3.63, 3.8) is 0 Å². The molecule has 0 heterocycles. The maximum absolute atomic E-state index is 5.22. The lowest BCUT2D eigenvalue weighted by molar-refractivity contribution is 1.01. The molecule has 0 spiro atoms. The number of benzene rings is 1. The third-order valence-electron chi connectivity index (χ3n) is 1.70. The minimum Gasteiger partial charge on any atom is -0.114 e. The SMILES string of the molecule is CCCC(=S)SCc1ccccc1. The van der Waals surface area contributed by atoms with Gasteiger partial charge >= 0.3 is 0 Å². The van der Waals surface area contributed by atoms with Crippen molar-refractivity contribution in [3.8, 4) is 0 Å². The summed E-state index contributed by atoms with van der Waals surface area (Å²) < 4.78 is 1.13. The molecule has 2 heteroatoms. The van der Waals surface area contributed by atoms with Gasteiger partial charge in [0.2, 0.25) is 0 Å². The molecule has 13 heavy (non-hydrogen) atoms. The summed E-state index contributed by atoms with van der Waals surface area (Å²) in [7, 11) is 0. The average Bonchev–Trinajstić information content (AvgIpc) is 2.17. The Labute approximate surface area is 89.7 Å². The first-order chi connectivity index (χ1) is 6.33. The van der Waals surface area contributed by atoms with Crippen LogP contribution in [0, 0.1) is 0 Å². The molecule has 0 nitrogen and oxygen atoms in total. The Bertz CT molecular complexity index is 254. The van der Waals surface area contributed by atoms with Gasteiger partial charge in [0.05, 0.1) is 0 Å². The van der Waals surface area contributed by atoms with Gasteiger partial charge in [0, 0.05) is 9.95 Å². The van der Waals surface area contributed by atoms with Crippen LogP contribution in [0.4, 0.5) is 0 Å². The summed E-state index contributed by atoms with van der Waals surface area (Å²) in [4.78, 5) is 0. The largest absolute Gasteiger partial charge is 0.114 e. The smallest absolute Gasteiger partial charge is 0.0481 e. The number of hydrogen-bond donors (Lipinski definition) is 0. The van der Waals surface area contributed by atoms with Crippen molar-refractivity contribution in [1.29, 1.82) is 0 Å². The molecule has 0 aliphatic heterocycles. The van der Waals surface area contributed by atoms with Gasteiger partial charge in [0.25, 0.3) is 0 Å². The Balaban J connectivity index is 2.31. The zero-order valence-electron chi connectivity index (χ0n) is 7.82. The van der Waals surface area contributed by atoms with Gasteiger partial charge < -0.3 is 0 Å². The molecular formula is C11H14S2. The normalized spacial score (nSPS) is 9.92. The molecule has 0 N–H and O–H groups in total. The molecule has 0 unspecified atom stereocenters. The molecule has 0 fully saturated rings. The third kappa shape index (κ3) is 4.44. The maximum atomic E-state index is 5.22. The van der Waals surface area contributed by atoms with Crippen molar-refractivity contribution in [2.24, 2.45) is 0 Å². The van der Waals surface area contributed by atoms with Gasteiger partial charge in [-0.05, 0) is 12.0 Å². The molecule has 1 rings (SSSR count). The van der Waals surface area contributed by atoms with E-state index < -0.39 is 0 Å². The van der Waals surface area contributed by atoms with Crippen molar-refractivity contribution in [3.05, 3.63) is 35.9 Å². The molecule has 0 aliphatic rings. The summed E-state index contributed by atoms with van der Waals surface area (Å²) >= 11 is 7.00. The zero-order valence-corrected chi connectivity index (χ0v) is 9.46. The van der Waals surface area contributed by atoms with Gasteiger partial charge in [-0.3, -0.25) is 0 Å². The molecule has 0 bridgehead atoms. The number of rotatable bonds is 4. The Hall–Kier alpha value is -0.340. The van der Waals surface area contributed by atoms with Crippen LogP contribution in [0.3, 0.4) is 0 Å². The molecule has 0 aromatic heterocycles. The summed E-state index contributed by atoms with van der Waals surface area (Å²) in [6, 6.07) is 10.5. The molecule has 1 aromatic rings. The van der Waals surface area contributed by atoms with E-state index in [0.29, 0.717) is 0 Å². The lowest BCUT2D eigenvalue weighted by Crippen LogP contribution is -1.88. The molecule has 0 saturated carbocycles. The van der Waals surface area contributed by atoms with E-state index in [9.17, 15) is 0 Å². The topological polar surface area (TPSA) is 0 Å². The quantitative estimate of drug-likeness (QED) is 0.688. The van der Waals surface area contributed by atoms with Gasteiger partial charge in [-0.1, -0.05) is 55.9 Å². The minimum atomic E-state index is 1.01. The van der Waals surface area contributed by atoms with Gasteiger partial charge in [0.15, 0.2) is 0 Å². The minimum absolute atomic E-state index is 1.01. The predicted octanol–water partition coefficient (Wildman–Crippen LogP) is 4.05. The van der Waals surface area contributed by atoms with E-state index in [-0.39, 0.29) is 0 Å². The van der Waals surface area contributed by atoms with Crippen molar-refractivity contribution < 1.29 is 0 Å². The van der Waals surface area contributed by atoms with Crippen LogP contribution in [-0.4, -0.2) is 4.20 Å². The fourth-order valence-electron chi connectivity index (χ4n) is 1.01. The number of thioether (sulfide) groups is 1. The molecule has 1 aromatic carbocycles. The first-order valence-corrected chi connectivity index (χ1v) is 5.92. The van der Waals surface area contributed by atoms with Crippen LogP contribution < -0.4 is 0 Å². The lowest BCUT2D eigenvalue weighted by atomic mass is 10.2. The van der Waals surface area contributed by atoms with Crippen LogP contribution >= 0.6 is 24.0 Å². The van der Waals surface area contributed by atoms with Gasteiger partial charge in [-0.15, -0.1) is 11.8 Å². The van der Waals surface area contributed by atoms with E-state index in [0.717, 1.165) is 22.8 Å². The van der Waals surface area contributed by atoms with E-state index in [1.807, 2.05) is 6.07 Å². The highest BCUT2D eigenvalue weighted by atomic mass is 32.2. The second-order valence-electron chi connectivity index (χ2n) is 2.90. The number of hydrogen-bond acceptors (Lipinski definition) is 2. The number of thiocarbonyl (C=S) groups is 1. The molecule has 0 saturated heterocycles. The molecule has 0 radical (unpaired) electrons. The Morgan fingerprint density at radius 2 is 2.00 bits per heavy atom. The van der Waals surface area contributed by atoms with Gasteiger partial charge in [0.1, 0.15) is 0 Å². The molecule has 0 aliphatic carbocycles. The second-order valence-corrected chi connectivity index (χ2v) is 4.72.